The van der Waals surface area contributed by atoms with Gasteiger partial charge < -0.3 is 19.5 Å². The molecule has 148 valence electrons. The van der Waals surface area contributed by atoms with Gasteiger partial charge in [0.05, 0.1) is 18.1 Å². The highest BCUT2D eigenvalue weighted by molar-refractivity contribution is 6.03. The minimum Gasteiger partial charge on any atom is -0.459 e. The molecule has 2 amide bonds. The monoisotopic (exact) mass is 394 g/mol. The van der Waals surface area contributed by atoms with Crippen molar-refractivity contribution in [3.63, 3.8) is 0 Å². The first-order valence-corrected chi connectivity index (χ1v) is 9.21. The van der Waals surface area contributed by atoms with Crippen molar-refractivity contribution in [3.05, 3.63) is 78.1 Å². The van der Waals surface area contributed by atoms with E-state index in [2.05, 4.69) is 15.2 Å². The number of nitrogens with zero attached hydrogens (tertiary/aromatic N) is 3. The summed E-state index contributed by atoms with van der Waals surface area (Å²) in [6, 6.07) is 12.4. The topological polar surface area (TPSA) is 78.7 Å². The number of carbonyl (C=O) groups is 2. The number of halogens is 1. The Morgan fingerprint density at radius 2 is 1.86 bits per heavy atom. The fourth-order valence-corrected chi connectivity index (χ4v) is 3.19. The van der Waals surface area contributed by atoms with Crippen molar-refractivity contribution in [1.29, 1.82) is 0 Å². The number of hydrogen-bond acceptors (Lipinski definition) is 5. The lowest BCUT2D eigenvalue weighted by Crippen LogP contribution is -2.48. The van der Waals surface area contributed by atoms with E-state index >= 15 is 0 Å². The third kappa shape index (κ3) is 4.26. The van der Waals surface area contributed by atoms with Crippen LogP contribution in [0.25, 0.3) is 0 Å². The van der Waals surface area contributed by atoms with Crippen molar-refractivity contribution >= 4 is 23.3 Å². The maximum atomic E-state index is 13.3. The fourth-order valence-electron chi connectivity index (χ4n) is 3.19. The van der Waals surface area contributed by atoms with Gasteiger partial charge in [0, 0.05) is 31.7 Å². The fraction of sp³-hybridized carbons (Fsp3) is 0.190. The lowest BCUT2D eigenvalue weighted by molar-refractivity contribution is 0.0714. The molecule has 0 radical (unpaired) electrons. The molecule has 0 unspecified atom stereocenters. The number of rotatable bonds is 4. The van der Waals surface area contributed by atoms with Crippen molar-refractivity contribution < 1.29 is 18.4 Å². The molecular formula is C21H19FN4O3. The number of carbonyl (C=O) groups excluding carboxylic acids is 2. The summed E-state index contributed by atoms with van der Waals surface area (Å²) in [4.78, 5) is 32.7. The molecule has 0 saturated carbocycles. The van der Waals surface area contributed by atoms with Crippen LogP contribution in [0.5, 0.6) is 0 Å². The molecule has 0 aliphatic carbocycles. The summed E-state index contributed by atoms with van der Waals surface area (Å²) in [7, 11) is 0. The van der Waals surface area contributed by atoms with E-state index in [-0.39, 0.29) is 11.5 Å². The first-order chi connectivity index (χ1) is 14.1. The first kappa shape index (κ1) is 18.7. The zero-order valence-corrected chi connectivity index (χ0v) is 15.5. The van der Waals surface area contributed by atoms with E-state index in [1.807, 2.05) is 6.07 Å². The molecule has 0 bridgehead atoms. The van der Waals surface area contributed by atoms with Crippen LogP contribution in [0.15, 0.2) is 65.4 Å². The number of benzene rings is 1. The number of nitrogens with one attached hydrogen (secondary N) is 1. The summed E-state index contributed by atoms with van der Waals surface area (Å²) >= 11 is 0. The quantitative estimate of drug-likeness (QED) is 0.736. The largest absolute Gasteiger partial charge is 0.459 e. The molecule has 1 aromatic carbocycles. The number of piperazine rings is 1. The van der Waals surface area contributed by atoms with E-state index in [9.17, 15) is 14.0 Å². The van der Waals surface area contributed by atoms with Gasteiger partial charge in [-0.1, -0.05) is 6.07 Å². The molecule has 4 rings (SSSR count). The second-order valence-electron chi connectivity index (χ2n) is 6.62. The number of pyridine rings is 1. The van der Waals surface area contributed by atoms with E-state index in [0.717, 1.165) is 5.69 Å². The van der Waals surface area contributed by atoms with Gasteiger partial charge in [-0.2, -0.15) is 0 Å². The number of furan rings is 1. The highest BCUT2D eigenvalue weighted by Gasteiger charge is 2.24. The summed E-state index contributed by atoms with van der Waals surface area (Å²) in [5.41, 5.74) is 1.13. The Labute approximate surface area is 166 Å². The van der Waals surface area contributed by atoms with Crippen LogP contribution < -0.4 is 10.2 Å². The number of hydrogen-bond donors (Lipinski definition) is 1. The predicted octanol–water partition coefficient (Wildman–Crippen LogP) is 3.03. The molecule has 2 aromatic heterocycles. The van der Waals surface area contributed by atoms with E-state index in [0.29, 0.717) is 37.8 Å². The minimum atomic E-state index is -0.467. The van der Waals surface area contributed by atoms with Gasteiger partial charge in [0.25, 0.3) is 11.8 Å². The highest BCUT2D eigenvalue weighted by Crippen LogP contribution is 2.19. The van der Waals surface area contributed by atoms with Crippen LogP contribution in [0.3, 0.4) is 0 Å². The van der Waals surface area contributed by atoms with E-state index < -0.39 is 11.7 Å². The zero-order valence-electron chi connectivity index (χ0n) is 15.5. The molecule has 3 aromatic rings. The van der Waals surface area contributed by atoms with Crippen molar-refractivity contribution in [2.45, 2.75) is 0 Å². The van der Waals surface area contributed by atoms with Gasteiger partial charge in [-0.05, 0) is 42.5 Å². The van der Waals surface area contributed by atoms with Crippen LogP contribution in [0.4, 0.5) is 15.9 Å². The van der Waals surface area contributed by atoms with Gasteiger partial charge in [0.2, 0.25) is 0 Å². The van der Waals surface area contributed by atoms with Crippen LogP contribution in [-0.4, -0.2) is 47.9 Å². The van der Waals surface area contributed by atoms with Crippen molar-refractivity contribution in [1.82, 2.24) is 9.88 Å². The number of aromatic nitrogens is 1. The van der Waals surface area contributed by atoms with Crippen LogP contribution in [0.2, 0.25) is 0 Å². The SMILES string of the molecule is O=C(Nc1ccc(N2CCN(C(=O)c3ccco3)CC2)cn1)c1cccc(F)c1. The van der Waals surface area contributed by atoms with Gasteiger partial charge in [-0.3, -0.25) is 9.59 Å². The van der Waals surface area contributed by atoms with E-state index in [4.69, 9.17) is 4.42 Å². The Bertz CT molecular complexity index is 997. The minimum absolute atomic E-state index is 0.108. The summed E-state index contributed by atoms with van der Waals surface area (Å²) in [6.07, 6.45) is 3.16. The maximum Gasteiger partial charge on any atom is 0.289 e. The number of anilines is 2. The molecule has 1 aliphatic rings. The van der Waals surface area contributed by atoms with Crippen LogP contribution in [0.1, 0.15) is 20.9 Å². The summed E-state index contributed by atoms with van der Waals surface area (Å²) in [6.45, 7) is 2.50. The van der Waals surface area contributed by atoms with E-state index in [1.54, 1.807) is 29.3 Å². The Morgan fingerprint density at radius 1 is 1.03 bits per heavy atom. The third-order valence-electron chi connectivity index (χ3n) is 4.74. The molecule has 3 heterocycles. The molecule has 1 N–H and O–H groups in total. The molecule has 29 heavy (non-hydrogen) atoms. The summed E-state index contributed by atoms with van der Waals surface area (Å²) in [5.74, 6) is -0.267. The Hall–Kier alpha value is -3.68. The Morgan fingerprint density at radius 3 is 2.52 bits per heavy atom. The standard InChI is InChI=1S/C21H19FN4O3/c22-16-4-1-3-15(13-16)20(27)24-19-7-6-17(14-23-19)25-8-10-26(11-9-25)21(28)18-5-2-12-29-18/h1-7,12-14H,8-11H2,(H,23,24,27). The van der Waals surface area contributed by atoms with Crippen LogP contribution >= 0.6 is 0 Å². The molecule has 1 fully saturated rings. The smallest absolute Gasteiger partial charge is 0.289 e. The molecule has 0 atom stereocenters. The first-order valence-electron chi connectivity index (χ1n) is 9.21. The molecular weight excluding hydrogens is 375 g/mol. The van der Waals surface area contributed by atoms with E-state index in [1.165, 1.54) is 30.5 Å². The third-order valence-corrected chi connectivity index (χ3v) is 4.74. The lowest BCUT2D eigenvalue weighted by atomic mass is 10.2. The molecule has 8 heteroatoms. The predicted molar refractivity (Wildman–Crippen MR) is 105 cm³/mol. The Kier molecular flexibility index (Phi) is 5.24. The van der Waals surface area contributed by atoms with Gasteiger partial charge in [-0.15, -0.1) is 0 Å². The van der Waals surface area contributed by atoms with Gasteiger partial charge in [-0.25, -0.2) is 9.37 Å². The average molecular weight is 394 g/mol. The van der Waals surface area contributed by atoms with Crippen molar-refractivity contribution in [2.75, 3.05) is 36.4 Å². The van der Waals surface area contributed by atoms with Crippen molar-refractivity contribution in [2.24, 2.45) is 0 Å². The van der Waals surface area contributed by atoms with Crippen LogP contribution in [0, 0.1) is 5.82 Å². The second kappa shape index (κ2) is 8.14. The van der Waals surface area contributed by atoms with Crippen molar-refractivity contribution in [3.8, 4) is 0 Å². The molecule has 7 nitrogen and oxygen atoms in total. The lowest BCUT2D eigenvalue weighted by Gasteiger charge is -2.35. The normalized spacial score (nSPS) is 14.0. The van der Waals surface area contributed by atoms with Gasteiger partial charge >= 0.3 is 0 Å². The summed E-state index contributed by atoms with van der Waals surface area (Å²) < 4.78 is 18.4. The molecule has 1 aliphatic heterocycles. The van der Waals surface area contributed by atoms with Crippen LogP contribution in [-0.2, 0) is 0 Å². The molecule has 1 saturated heterocycles. The Balaban J connectivity index is 1.34. The highest BCUT2D eigenvalue weighted by atomic mass is 19.1. The second-order valence-corrected chi connectivity index (χ2v) is 6.62. The number of amides is 2. The zero-order chi connectivity index (χ0) is 20.2. The van der Waals surface area contributed by atoms with Gasteiger partial charge in [0.15, 0.2) is 5.76 Å². The summed E-state index contributed by atoms with van der Waals surface area (Å²) in [5, 5.41) is 2.65. The van der Waals surface area contributed by atoms with Gasteiger partial charge in [0.1, 0.15) is 11.6 Å². The molecule has 0 spiro atoms. The average Bonchev–Trinajstić information content (AvgIpc) is 3.29. The maximum absolute atomic E-state index is 13.3.